The van der Waals surface area contributed by atoms with Gasteiger partial charge in [0, 0.05) is 15.6 Å². The number of carboxylic acids is 1. The number of aliphatic carboxylic acids is 1. The van der Waals surface area contributed by atoms with Crippen LogP contribution >= 0.6 is 35.0 Å². The highest BCUT2D eigenvalue weighted by Crippen LogP contribution is 2.32. The number of aliphatic imine (C=N–C) groups is 1. The smallest absolute Gasteiger partial charge is 0.325 e. The summed E-state index contributed by atoms with van der Waals surface area (Å²) in [5.41, 5.74) is 1.49. The first-order chi connectivity index (χ1) is 14.4. The summed E-state index contributed by atoms with van der Waals surface area (Å²) < 4.78 is 11.2. The summed E-state index contributed by atoms with van der Waals surface area (Å²) in [4.78, 5) is 26.9. The van der Waals surface area contributed by atoms with E-state index >= 15 is 0 Å². The van der Waals surface area contributed by atoms with Gasteiger partial charge in [0.2, 0.25) is 0 Å². The number of hydrogen-bond acceptors (Lipinski definition) is 6. The molecule has 1 aliphatic rings. The van der Waals surface area contributed by atoms with Crippen LogP contribution in [0, 0.1) is 0 Å². The number of carbonyl (C=O) groups excluding carboxylic acids is 1. The van der Waals surface area contributed by atoms with Crippen molar-refractivity contribution < 1.29 is 24.2 Å². The van der Waals surface area contributed by atoms with Crippen molar-refractivity contribution in [3.05, 3.63) is 62.5 Å². The van der Waals surface area contributed by atoms with Crippen LogP contribution in [0.15, 0.2) is 46.3 Å². The van der Waals surface area contributed by atoms with Crippen LogP contribution < -0.4 is 14.8 Å². The first kappa shape index (κ1) is 22.0. The summed E-state index contributed by atoms with van der Waals surface area (Å²) in [7, 11) is 1.52. The average Bonchev–Trinajstić information content (AvgIpc) is 3.05. The third-order valence-electron chi connectivity index (χ3n) is 3.89. The molecule has 0 aliphatic carbocycles. The Labute approximate surface area is 186 Å². The second-order valence-electron chi connectivity index (χ2n) is 6.01. The van der Waals surface area contributed by atoms with Crippen LogP contribution in [0.5, 0.6) is 11.5 Å². The van der Waals surface area contributed by atoms with Gasteiger partial charge < -0.3 is 19.9 Å². The quantitative estimate of drug-likeness (QED) is 0.592. The number of amides is 1. The predicted molar refractivity (Wildman–Crippen MR) is 117 cm³/mol. The van der Waals surface area contributed by atoms with Gasteiger partial charge >= 0.3 is 5.97 Å². The Morgan fingerprint density at radius 3 is 2.73 bits per heavy atom. The minimum atomic E-state index is -1.07. The molecule has 2 aromatic rings. The van der Waals surface area contributed by atoms with Crippen LogP contribution in [0.1, 0.15) is 11.1 Å². The lowest BCUT2D eigenvalue weighted by Gasteiger charge is -2.12. The highest BCUT2D eigenvalue weighted by molar-refractivity contribution is 8.18. The molecule has 0 unspecified atom stereocenters. The fourth-order valence-electron chi connectivity index (χ4n) is 2.48. The maximum absolute atomic E-state index is 12.1. The second kappa shape index (κ2) is 9.88. The Bertz CT molecular complexity index is 1060. The molecule has 0 saturated carbocycles. The molecule has 0 aromatic heterocycles. The highest BCUT2D eigenvalue weighted by Gasteiger charge is 2.24. The number of halogens is 2. The monoisotopic (exact) mass is 466 g/mol. The number of ether oxygens (including phenoxy) is 2. The van der Waals surface area contributed by atoms with Gasteiger partial charge in [-0.15, -0.1) is 0 Å². The van der Waals surface area contributed by atoms with Gasteiger partial charge in [-0.1, -0.05) is 35.3 Å². The Balaban J connectivity index is 1.74. The molecule has 0 spiro atoms. The topological polar surface area (TPSA) is 97.2 Å². The molecule has 1 saturated heterocycles. The van der Waals surface area contributed by atoms with Crippen LogP contribution in [0.4, 0.5) is 0 Å². The molecule has 1 amide bonds. The number of amidine groups is 1. The van der Waals surface area contributed by atoms with E-state index in [0.29, 0.717) is 32.0 Å². The van der Waals surface area contributed by atoms with Gasteiger partial charge in [-0.25, -0.2) is 0 Å². The van der Waals surface area contributed by atoms with Gasteiger partial charge in [0.05, 0.1) is 12.0 Å². The molecular formula is C20H16Cl2N2O5S. The largest absolute Gasteiger partial charge is 0.493 e. The first-order valence-corrected chi connectivity index (χ1v) is 10.1. The van der Waals surface area contributed by atoms with Crippen LogP contribution in [0.2, 0.25) is 10.0 Å². The Kier molecular flexibility index (Phi) is 7.25. The maximum Gasteiger partial charge on any atom is 0.325 e. The van der Waals surface area contributed by atoms with Gasteiger partial charge in [0.25, 0.3) is 5.91 Å². The third-order valence-corrected chi connectivity index (χ3v) is 5.43. The van der Waals surface area contributed by atoms with Crippen molar-refractivity contribution in [3.8, 4) is 11.5 Å². The number of rotatable bonds is 7. The van der Waals surface area contributed by atoms with E-state index in [1.54, 1.807) is 42.5 Å². The number of benzene rings is 2. The fourth-order valence-corrected chi connectivity index (χ4v) is 3.76. The van der Waals surface area contributed by atoms with Crippen molar-refractivity contribution in [3.63, 3.8) is 0 Å². The summed E-state index contributed by atoms with van der Waals surface area (Å²) >= 11 is 13.1. The number of methoxy groups -OCH3 is 1. The molecular weight excluding hydrogens is 451 g/mol. The molecule has 7 nitrogen and oxygen atoms in total. The van der Waals surface area contributed by atoms with Gasteiger partial charge in [-0.05, 0) is 47.7 Å². The van der Waals surface area contributed by atoms with Gasteiger partial charge in [-0.3, -0.25) is 14.6 Å². The van der Waals surface area contributed by atoms with Gasteiger partial charge in [0.15, 0.2) is 16.7 Å². The minimum Gasteiger partial charge on any atom is -0.493 e. The van der Waals surface area contributed by atoms with Crippen molar-refractivity contribution >= 4 is 58.1 Å². The molecule has 1 aliphatic heterocycles. The molecule has 156 valence electrons. The number of nitrogens with zero attached hydrogens (tertiary/aromatic N) is 1. The maximum atomic E-state index is 12.1. The Morgan fingerprint density at radius 2 is 2.03 bits per heavy atom. The fraction of sp³-hybridized carbons (Fsp3) is 0.150. The molecule has 3 rings (SSSR count). The standard InChI is InChI=1S/C20H16Cl2N2O5S/c1-28-16-6-11(7-17-19(27)24-20(30-17)23-9-18(25)26)2-5-15(16)29-10-12-3-4-13(21)8-14(12)22/h2-8H,9-10H2,1H3,(H,25,26)(H,23,24,27)/b17-7+. The van der Waals surface area contributed by atoms with E-state index in [9.17, 15) is 9.59 Å². The first-order valence-electron chi connectivity index (χ1n) is 8.57. The van der Waals surface area contributed by atoms with Crippen molar-refractivity contribution in [2.24, 2.45) is 4.99 Å². The Morgan fingerprint density at radius 1 is 1.23 bits per heavy atom. The number of thioether (sulfide) groups is 1. The van der Waals surface area contributed by atoms with E-state index in [0.717, 1.165) is 17.3 Å². The van der Waals surface area contributed by atoms with Crippen LogP contribution in [0.25, 0.3) is 6.08 Å². The lowest BCUT2D eigenvalue weighted by Crippen LogP contribution is -2.20. The molecule has 1 heterocycles. The zero-order valence-corrected chi connectivity index (χ0v) is 18.0. The van der Waals surface area contributed by atoms with E-state index < -0.39 is 12.5 Å². The number of carboxylic acid groups (broad SMARTS) is 1. The number of hydrogen-bond donors (Lipinski definition) is 2. The lowest BCUT2D eigenvalue weighted by molar-refractivity contribution is -0.135. The second-order valence-corrected chi connectivity index (χ2v) is 7.89. The molecule has 0 atom stereocenters. The molecule has 0 bridgehead atoms. The predicted octanol–water partition coefficient (Wildman–Crippen LogP) is 4.23. The summed E-state index contributed by atoms with van der Waals surface area (Å²) in [6.07, 6.45) is 1.66. The van der Waals surface area contributed by atoms with Crippen LogP contribution in [0.3, 0.4) is 0 Å². The summed E-state index contributed by atoms with van der Waals surface area (Å²) in [6, 6.07) is 10.4. The normalized spacial score (nSPS) is 16.0. The van der Waals surface area contributed by atoms with Gasteiger partial charge in [-0.2, -0.15) is 0 Å². The third kappa shape index (κ3) is 5.69. The van der Waals surface area contributed by atoms with E-state index in [-0.39, 0.29) is 17.7 Å². The minimum absolute atomic E-state index is 0.231. The molecule has 2 N–H and O–H groups in total. The van der Waals surface area contributed by atoms with Crippen LogP contribution in [-0.2, 0) is 16.2 Å². The van der Waals surface area contributed by atoms with Crippen LogP contribution in [-0.4, -0.2) is 35.8 Å². The SMILES string of the molecule is COc1cc(/C=C2/SC(=NCC(=O)O)NC2=O)ccc1OCc1ccc(Cl)cc1Cl. The lowest BCUT2D eigenvalue weighted by atomic mass is 10.2. The highest BCUT2D eigenvalue weighted by atomic mass is 35.5. The van der Waals surface area contributed by atoms with Crippen molar-refractivity contribution in [2.45, 2.75) is 6.61 Å². The van der Waals surface area contributed by atoms with Crippen molar-refractivity contribution in [1.82, 2.24) is 5.32 Å². The van der Waals surface area contributed by atoms with E-state index in [4.69, 9.17) is 37.8 Å². The van der Waals surface area contributed by atoms with E-state index in [1.807, 2.05) is 0 Å². The molecule has 10 heteroatoms. The van der Waals surface area contributed by atoms with E-state index in [2.05, 4.69) is 10.3 Å². The zero-order valence-electron chi connectivity index (χ0n) is 15.6. The van der Waals surface area contributed by atoms with Crippen molar-refractivity contribution in [2.75, 3.05) is 13.7 Å². The molecule has 30 heavy (non-hydrogen) atoms. The molecule has 2 aromatic carbocycles. The average molecular weight is 467 g/mol. The van der Waals surface area contributed by atoms with E-state index in [1.165, 1.54) is 7.11 Å². The number of carbonyl (C=O) groups is 2. The zero-order chi connectivity index (χ0) is 21.7. The summed E-state index contributed by atoms with van der Waals surface area (Å²) in [6.45, 7) is -0.179. The van der Waals surface area contributed by atoms with Gasteiger partial charge in [0.1, 0.15) is 13.2 Å². The van der Waals surface area contributed by atoms with Crippen molar-refractivity contribution in [1.29, 1.82) is 0 Å². The summed E-state index contributed by atoms with van der Waals surface area (Å²) in [5, 5.41) is 12.5. The molecule has 0 radical (unpaired) electrons. The summed E-state index contributed by atoms with van der Waals surface area (Å²) in [5.74, 6) is -0.425. The molecule has 1 fully saturated rings. The number of nitrogens with one attached hydrogen (secondary N) is 1. The Hall–Kier alpha value is -2.68.